The lowest BCUT2D eigenvalue weighted by Gasteiger charge is -2.35. The van der Waals surface area contributed by atoms with Crippen LogP contribution in [0.25, 0.3) is 10.9 Å². The second-order valence-corrected chi connectivity index (χ2v) is 8.36. The van der Waals surface area contributed by atoms with Crippen molar-refractivity contribution >= 4 is 10.9 Å². The number of hydrogen-bond donors (Lipinski definition) is 1. The molecule has 1 aliphatic rings. The summed E-state index contributed by atoms with van der Waals surface area (Å²) < 4.78 is 12.3. The van der Waals surface area contributed by atoms with Crippen LogP contribution < -0.4 is 10.3 Å². The molecule has 1 saturated carbocycles. The lowest BCUT2D eigenvalue weighted by Crippen LogP contribution is -2.39. The zero-order chi connectivity index (χ0) is 22.5. The van der Waals surface area contributed by atoms with Crippen molar-refractivity contribution in [1.82, 2.24) is 30.1 Å². The highest BCUT2D eigenvalue weighted by atomic mass is 16.5. The number of aromatic amines is 1. The number of methoxy groups -OCH3 is 2. The molecule has 1 atom stereocenters. The minimum atomic E-state index is -0.0671. The smallest absolute Gasteiger partial charge is 0.252 e. The minimum absolute atomic E-state index is 0.0240. The fourth-order valence-electron chi connectivity index (χ4n) is 4.75. The van der Waals surface area contributed by atoms with Crippen molar-refractivity contribution in [3.63, 3.8) is 0 Å². The van der Waals surface area contributed by atoms with Crippen LogP contribution in [0.5, 0.6) is 5.75 Å². The maximum atomic E-state index is 13.0. The molecule has 1 aliphatic carbocycles. The Labute approximate surface area is 187 Å². The van der Waals surface area contributed by atoms with Gasteiger partial charge in [-0.1, -0.05) is 19.8 Å². The molecule has 1 fully saturated rings. The summed E-state index contributed by atoms with van der Waals surface area (Å²) in [5, 5.41) is 13.5. The Morgan fingerprint density at radius 1 is 1.25 bits per heavy atom. The number of ether oxygens (including phenoxy) is 2. The number of aromatic nitrogens is 5. The SMILES string of the molecule is CCC(c1nnnn1CCOC)N(Cc1cc2ccc(OC)cc2[nH]c1=O)C1CCCC1. The van der Waals surface area contributed by atoms with Gasteiger partial charge in [0.15, 0.2) is 5.82 Å². The van der Waals surface area contributed by atoms with Crippen LogP contribution in [-0.2, 0) is 17.8 Å². The van der Waals surface area contributed by atoms with Crippen LogP contribution in [0.15, 0.2) is 29.1 Å². The predicted molar refractivity (Wildman–Crippen MR) is 122 cm³/mol. The van der Waals surface area contributed by atoms with Crippen molar-refractivity contribution in [2.45, 2.75) is 64.2 Å². The van der Waals surface area contributed by atoms with Gasteiger partial charge in [-0.05, 0) is 53.3 Å². The summed E-state index contributed by atoms with van der Waals surface area (Å²) in [4.78, 5) is 18.5. The van der Waals surface area contributed by atoms with Gasteiger partial charge in [0.2, 0.25) is 0 Å². The maximum absolute atomic E-state index is 13.0. The lowest BCUT2D eigenvalue weighted by atomic mass is 10.0. The third kappa shape index (κ3) is 4.68. The van der Waals surface area contributed by atoms with Crippen LogP contribution in [0.2, 0.25) is 0 Å². The number of nitrogens with one attached hydrogen (secondary N) is 1. The topological polar surface area (TPSA) is 98.2 Å². The molecule has 0 bridgehead atoms. The van der Waals surface area contributed by atoms with Gasteiger partial charge in [-0.2, -0.15) is 0 Å². The summed E-state index contributed by atoms with van der Waals surface area (Å²) >= 11 is 0. The van der Waals surface area contributed by atoms with Crippen LogP contribution in [0, 0.1) is 0 Å². The monoisotopic (exact) mass is 440 g/mol. The molecule has 0 radical (unpaired) electrons. The van der Waals surface area contributed by atoms with Crippen LogP contribution in [0.4, 0.5) is 0 Å². The quantitative estimate of drug-likeness (QED) is 0.517. The molecule has 9 heteroatoms. The van der Waals surface area contributed by atoms with E-state index in [1.165, 1.54) is 12.8 Å². The number of fused-ring (bicyclic) bond motifs is 1. The number of rotatable bonds is 10. The van der Waals surface area contributed by atoms with E-state index in [4.69, 9.17) is 9.47 Å². The summed E-state index contributed by atoms with van der Waals surface area (Å²) in [5.74, 6) is 1.56. The second-order valence-electron chi connectivity index (χ2n) is 8.36. The average molecular weight is 441 g/mol. The minimum Gasteiger partial charge on any atom is -0.497 e. The van der Waals surface area contributed by atoms with Crippen molar-refractivity contribution in [1.29, 1.82) is 0 Å². The molecule has 172 valence electrons. The third-order valence-corrected chi connectivity index (χ3v) is 6.43. The summed E-state index contributed by atoms with van der Waals surface area (Å²) in [6, 6.07) is 8.17. The number of pyridine rings is 1. The predicted octanol–water partition coefficient (Wildman–Crippen LogP) is 3.07. The number of hydrogen-bond acceptors (Lipinski definition) is 7. The second kappa shape index (κ2) is 10.2. The largest absolute Gasteiger partial charge is 0.497 e. The summed E-state index contributed by atoms with van der Waals surface area (Å²) in [7, 11) is 3.30. The van der Waals surface area contributed by atoms with Crippen LogP contribution in [0.1, 0.15) is 56.5 Å². The van der Waals surface area contributed by atoms with E-state index >= 15 is 0 Å². The third-order valence-electron chi connectivity index (χ3n) is 6.43. The van der Waals surface area contributed by atoms with Gasteiger partial charge >= 0.3 is 0 Å². The van der Waals surface area contributed by atoms with Gasteiger partial charge < -0.3 is 14.5 Å². The van der Waals surface area contributed by atoms with E-state index in [9.17, 15) is 4.79 Å². The van der Waals surface area contributed by atoms with Crippen molar-refractivity contribution in [3.05, 3.63) is 46.0 Å². The van der Waals surface area contributed by atoms with E-state index in [0.29, 0.717) is 25.7 Å². The van der Waals surface area contributed by atoms with Crippen LogP contribution in [0.3, 0.4) is 0 Å². The summed E-state index contributed by atoms with van der Waals surface area (Å²) in [6.07, 6.45) is 5.52. The Balaban J connectivity index is 1.68. The zero-order valence-electron chi connectivity index (χ0n) is 19.1. The maximum Gasteiger partial charge on any atom is 0.252 e. The van der Waals surface area contributed by atoms with E-state index in [1.807, 2.05) is 28.9 Å². The number of benzene rings is 1. The number of nitrogens with zero attached hydrogens (tertiary/aromatic N) is 5. The van der Waals surface area contributed by atoms with E-state index < -0.39 is 0 Å². The lowest BCUT2D eigenvalue weighted by molar-refractivity contribution is 0.109. The van der Waals surface area contributed by atoms with Gasteiger partial charge in [-0.15, -0.1) is 5.10 Å². The number of H-pyrrole nitrogens is 1. The Hall–Kier alpha value is -2.78. The first-order chi connectivity index (χ1) is 15.6. The van der Waals surface area contributed by atoms with E-state index in [2.05, 4.69) is 32.3 Å². The molecule has 2 aromatic heterocycles. The fourth-order valence-corrected chi connectivity index (χ4v) is 4.75. The van der Waals surface area contributed by atoms with Gasteiger partial charge in [0.1, 0.15) is 5.75 Å². The molecule has 0 amide bonds. The van der Waals surface area contributed by atoms with Gasteiger partial charge in [-0.3, -0.25) is 9.69 Å². The summed E-state index contributed by atoms with van der Waals surface area (Å²) in [6.45, 7) is 3.86. The highest BCUT2D eigenvalue weighted by Crippen LogP contribution is 2.33. The molecule has 0 aliphatic heterocycles. The molecule has 2 heterocycles. The van der Waals surface area contributed by atoms with Gasteiger partial charge in [-0.25, -0.2) is 4.68 Å². The van der Waals surface area contributed by atoms with Gasteiger partial charge in [0.05, 0.1) is 31.8 Å². The molecule has 1 aromatic carbocycles. The normalized spacial score (nSPS) is 15.6. The Kier molecular flexibility index (Phi) is 7.16. The Morgan fingerprint density at radius 3 is 2.78 bits per heavy atom. The first-order valence-electron chi connectivity index (χ1n) is 11.3. The number of tetrazole rings is 1. The first-order valence-corrected chi connectivity index (χ1v) is 11.3. The van der Waals surface area contributed by atoms with Crippen LogP contribution >= 0.6 is 0 Å². The molecular formula is C23H32N6O3. The zero-order valence-corrected chi connectivity index (χ0v) is 19.1. The fraction of sp³-hybridized carbons (Fsp3) is 0.565. The van der Waals surface area contributed by atoms with E-state index in [-0.39, 0.29) is 11.6 Å². The molecule has 1 N–H and O–H groups in total. The van der Waals surface area contributed by atoms with E-state index in [0.717, 1.165) is 47.3 Å². The molecular weight excluding hydrogens is 408 g/mol. The summed E-state index contributed by atoms with van der Waals surface area (Å²) in [5.41, 5.74) is 1.47. The van der Waals surface area contributed by atoms with E-state index in [1.54, 1.807) is 14.2 Å². The van der Waals surface area contributed by atoms with Crippen molar-refractivity contribution in [2.24, 2.45) is 0 Å². The molecule has 0 saturated heterocycles. The first kappa shape index (κ1) is 22.4. The van der Waals surface area contributed by atoms with Crippen molar-refractivity contribution in [3.8, 4) is 5.75 Å². The Morgan fingerprint density at radius 2 is 2.06 bits per heavy atom. The van der Waals surface area contributed by atoms with Gasteiger partial charge in [0, 0.05) is 31.3 Å². The molecule has 3 aromatic rings. The average Bonchev–Trinajstić information content (AvgIpc) is 3.50. The Bertz CT molecular complexity index is 1090. The van der Waals surface area contributed by atoms with Gasteiger partial charge in [0.25, 0.3) is 5.56 Å². The molecule has 0 spiro atoms. The van der Waals surface area contributed by atoms with Crippen molar-refractivity contribution < 1.29 is 9.47 Å². The highest BCUT2D eigenvalue weighted by Gasteiger charge is 2.32. The molecule has 9 nitrogen and oxygen atoms in total. The molecule has 32 heavy (non-hydrogen) atoms. The van der Waals surface area contributed by atoms with Crippen LogP contribution in [-0.4, -0.2) is 57.0 Å². The molecule has 4 rings (SSSR count). The highest BCUT2D eigenvalue weighted by molar-refractivity contribution is 5.80. The standard InChI is InChI=1S/C23H32N6O3/c1-4-21(22-25-26-27-29(22)11-12-31-2)28(18-7-5-6-8-18)15-17-13-16-9-10-19(32-3)14-20(16)24-23(17)30/h9-10,13-14,18,21H,4-8,11-12,15H2,1-3H3,(H,24,30). The van der Waals surface area contributed by atoms with Crippen molar-refractivity contribution in [2.75, 3.05) is 20.8 Å². The molecule has 1 unspecified atom stereocenters.